The molecule has 0 saturated heterocycles. The van der Waals surface area contributed by atoms with Gasteiger partial charge >= 0.3 is 5.88 Å². The van der Waals surface area contributed by atoms with Crippen LogP contribution in [0.3, 0.4) is 0 Å². The Kier molecular flexibility index (Phi) is 3.38. The Labute approximate surface area is 102 Å². The largest absolute Gasteiger partial charge is 0.433 e. The molecule has 8 heteroatoms. The smallest absolute Gasteiger partial charge is 0.417 e. The third kappa shape index (κ3) is 2.72. The first-order valence-corrected chi connectivity index (χ1v) is 5.36. The van der Waals surface area contributed by atoms with E-state index in [9.17, 15) is 10.1 Å². The van der Waals surface area contributed by atoms with Crippen LogP contribution >= 0.6 is 0 Å². The first kappa shape index (κ1) is 12.2. The molecule has 2 heterocycles. The molecular weight excluding hydrogens is 240 g/mol. The average molecular weight is 252 g/mol. The Balaban J connectivity index is 2.11. The van der Waals surface area contributed by atoms with Crippen molar-refractivity contribution in [2.45, 2.75) is 26.4 Å². The van der Waals surface area contributed by atoms with Crippen LogP contribution in [0, 0.1) is 10.1 Å². The number of aromatic nitrogens is 2. The first-order valence-electron chi connectivity index (χ1n) is 5.36. The van der Waals surface area contributed by atoms with E-state index in [4.69, 9.17) is 8.83 Å². The van der Waals surface area contributed by atoms with Gasteiger partial charge in [-0.05, 0) is 6.07 Å². The molecule has 0 unspecified atom stereocenters. The summed E-state index contributed by atoms with van der Waals surface area (Å²) in [6, 6.07) is 2.96. The van der Waals surface area contributed by atoms with Crippen molar-refractivity contribution in [3.05, 3.63) is 28.1 Å². The highest BCUT2D eigenvalue weighted by Gasteiger charge is 2.17. The van der Waals surface area contributed by atoms with Crippen LogP contribution in [-0.2, 0) is 6.54 Å². The lowest BCUT2D eigenvalue weighted by Crippen LogP contribution is -2.21. The van der Waals surface area contributed by atoms with E-state index in [1.807, 2.05) is 13.8 Å². The van der Waals surface area contributed by atoms with Gasteiger partial charge in [-0.2, -0.15) is 0 Å². The quantitative estimate of drug-likeness (QED) is 0.637. The maximum atomic E-state index is 10.5. The van der Waals surface area contributed by atoms with Crippen LogP contribution in [0.4, 0.5) is 5.88 Å². The minimum atomic E-state index is -0.624. The molecule has 0 amide bonds. The molecule has 0 atom stereocenters. The van der Waals surface area contributed by atoms with Crippen LogP contribution in [0.15, 0.2) is 21.0 Å². The average Bonchev–Trinajstić information content (AvgIpc) is 2.95. The minimum Gasteiger partial charge on any atom is -0.417 e. The van der Waals surface area contributed by atoms with Gasteiger partial charge in [-0.25, -0.2) is 0 Å². The number of nitrogens with zero attached hydrogens (tertiary/aromatic N) is 3. The van der Waals surface area contributed by atoms with Gasteiger partial charge in [-0.3, -0.25) is 10.1 Å². The number of nitrogens with one attached hydrogen (secondary N) is 1. The number of rotatable bonds is 5. The molecule has 0 aliphatic heterocycles. The molecule has 2 aromatic rings. The Hall–Kier alpha value is -2.22. The van der Waals surface area contributed by atoms with E-state index >= 15 is 0 Å². The lowest BCUT2D eigenvalue weighted by molar-refractivity contribution is -0.401. The molecule has 96 valence electrons. The summed E-state index contributed by atoms with van der Waals surface area (Å²) in [5.41, 5.74) is 0. The standard InChI is InChI=1S/C10H12N4O4/c1-6(2)11-5-8-12-13-10(18-8)7-3-4-9(17-7)14(15)16/h3-4,6,11H,5H2,1-2H3. The fourth-order valence-corrected chi connectivity index (χ4v) is 1.26. The summed E-state index contributed by atoms with van der Waals surface area (Å²) in [5, 5.41) is 21.2. The summed E-state index contributed by atoms with van der Waals surface area (Å²) < 4.78 is 10.3. The Morgan fingerprint density at radius 1 is 1.39 bits per heavy atom. The van der Waals surface area contributed by atoms with Gasteiger partial charge in [0, 0.05) is 6.04 Å². The number of hydrogen-bond donors (Lipinski definition) is 1. The summed E-state index contributed by atoms with van der Waals surface area (Å²) >= 11 is 0. The summed E-state index contributed by atoms with van der Waals surface area (Å²) in [5.74, 6) is 0.358. The van der Waals surface area contributed by atoms with Gasteiger partial charge in [0.1, 0.15) is 4.92 Å². The third-order valence-electron chi connectivity index (χ3n) is 2.11. The van der Waals surface area contributed by atoms with E-state index in [1.165, 1.54) is 12.1 Å². The van der Waals surface area contributed by atoms with E-state index in [0.29, 0.717) is 18.5 Å². The predicted octanol–water partition coefficient (Wildman–Crippen LogP) is 1.74. The number of hydrogen-bond acceptors (Lipinski definition) is 7. The van der Waals surface area contributed by atoms with Crippen LogP contribution < -0.4 is 5.32 Å². The molecule has 2 rings (SSSR count). The molecule has 0 spiro atoms. The van der Waals surface area contributed by atoms with Gasteiger partial charge in [0.15, 0.2) is 5.76 Å². The number of nitro groups is 1. The van der Waals surface area contributed by atoms with Crippen molar-refractivity contribution in [1.29, 1.82) is 0 Å². The molecule has 2 aromatic heterocycles. The summed E-state index contributed by atoms with van der Waals surface area (Å²) in [6.07, 6.45) is 0. The van der Waals surface area contributed by atoms with Crippen molar-refractivity contribution in [2.24, 2.45) is 0 Å². The summed E-state index contributed by atoms with van der Waals surface area (Å²) in [6.45, 7) is 4.42. The third-order valence-corrected chi connectivity index (χ3v) is 2.11. The van der Waals surface area contributed by atoms with Gasteiger partial charge in [-0.15, -0.1) is 10.2 Å². The van der Waals surface area contributed by atoms with Gasteiger partial charge in [0.05, 0.1) is 12.6 Å². The maximum absolute atomic E-state index is 10.5. The molecule has 0 aliphatic rings. The first-order chi connectivity index (χ1) is 8.56. The van der Waals surface area contributed by atoms with Crippen LogP contribution in [0.5, 0.6) is 0 Å². The van der Waals surface area contributed by atoms with E-state index in [0.717, 1.165) is 0 Å². The van der Waals surface area contributed by atoms with E-state index < -0.39 is 4.92 Å². The van der Waals surface area contributed by atoms with Gasteiger partial charge in [-0.1, -0.05) is 13.8 Å². The second-order valence-corrected chi connectivity index (χ2v) is 3.93. The highest BCUT2D eigenvalue weighted by atomic mass is 16.6. The van der Waals surface area contributed by atoms with E-state index in [1.54, 1.807) is 0 Å². The second-order valence-electron chi connectivity index (χ2n) is 3.93. The zero-order valence-corrected chi connectivity index (χ0v) is 9.91. The van der Waals surface area contributed by atoms with Crippen molar-refractivity contribution < 1.29 is 13.8 Å². The van der Waals surface area contributed by atoms with Gasteiger partial charge in [0.25, 0.3) is 5.89 Å². The predicted molar refractivity (Wildman–Crippen MR) is 60.6 cm³/mol. The van der Waals surface area contributed by atoms with E-state index in [2.05, 4.69) is 15.5 Å². The topological polar surface area (TPSA) is 107 Å². The lowest BCUT2D eigenvalue weighted by Gasteiger charge is -2.03. The molecule has 0 aromatic carbocycles. The van der Waals surface area contributed by atoms with Crippen molar-refractivity contribution in [3.8, 4) is 11.7 Å². The van der Waals surface area contributed by atoms with Crippen molar-refractivity contribution in [3.63, 3.8) is 0 Å². The molecule has 8 nitrogen and oxygen atoms in total. The number of furan rings is 1. The summed E-state index contributed by atoms with van der Waals surface area (Å²) in [7, 11) is 0. The molecule has 0 aliphatic carbocycles. The molecule has 0 bridgehead atoms. The Morgan fingerprint density at radius 2 is 2.17 bits per heavy atom. The SMILES string of the molecule is CC(C)NCc1nnc(-c2ccc([N+](=O)[O-])o2)o1. The maximum Gasteiger partial charge on any atom is 0.433 e. The molecule has 0 saturated carbocycles. The van der Waals surface area contributed by atoms with Crippen molar-refractivity contribution in [1.82, 2.24) is 15.5 Å². The fourth-order valence-electron chi connectivity index (χ4n) is 1.26. The molecule has 0 fully saturated rings. The fraction of sp³-hybridized carbons (Fsp3) is 0.400. The van der Waals surface area contributed by atoms with Crippen molar-refractivity contribution >= 4 is 5.88 Å². The monoisotopic (exact) mass is 252 g/mol. The molecule has 18 heavy (non-hydrogen) atoms. The second kappa shape index (κ2) is 4.96. The molecule has 0 radical (unpaired) electrons. The Bertz CT molecular complexity index is 546. The minimum absolute atomic E-state index is 0.128. The van der Waals surface area contributed by atoms with Gasteiger partial charge in [0.2, 0.25) is 5.89 Å². The van der Waals surface area contributed by atoms with E-state index in [-0.39, 0.29) is 17.5 Å². The van der Waals surface area contributed by atoms with Crippen LogP contribution in [-0.4, -0.2) is 21.2 Å². The lowest BCUT2D eigenvalue weighted by atomic mass is 10.4. The van der Waals surface area contributed by atoms with Crippen LogP contribution in [0.2, 0.25) is 0 Å². The van der Waals surface area contributed by atoms with Crippen LogP contribution in [0.1, 0.15) is 19.7 Å². The summed E-state index contributed by atoms with van der Waals surface area (Å²) in [4.78, 5) is 9.84. The zero-order chi connectivity index (χ0) is 13.1. The van der Waals surface area contributed by atoms with Crippen molar-refractivity contribution in [2.75, 3.05) is 0 Å². The normalized spacial score (nSPS) is 11.1. The Morgan fingerprint density at radius 3 is 2.78 bits per heavy atom. The molecule has 1 N–H and O–H groups in total. The zero-order valence-electron chi connectivity index (χ0n) is 9.91. The highest BCUT2D eigenvalue weighted by molar-refractivity contribution is 5.45. The van der Waals surface area contributed by atoms with Crippen LogP contribution in [0.25, 0.3) is 11.7 Å². The van der Waals surface area contributed by atoms with Gasteiger partial charge < -0.3 is 14.2 Å². The molecular formula is C10H12N4O4. The highest BCUT2D eigenvalue weighted by Crippen LogP contribution is 2.24.